The van der Waals surface area contributed by atoms with Crippen LogP contribution in [0.4, 0.5) is 0 Å². The summed E-state index contributed by atoms with van der Waals surface area (Å²) in [6, 6.07) is 0.737. The van der Waals surface area contributed by atoms with E-state index in [1.165, 1.54) is 25.1 Å². The van der Waals surface area contributed by atoms with Crippen molar-refractivity contribution in [3.8, 4) is 0 Å². The highest BCUT2D eigenvalue weighted by molar-refractivity contribution is 5.82. The van der Waals surface area contributed by atoms with E-state index in [1.54, 1.807) is 0 Å². The highest BCUT2D eigenvalue weighted by Crippen LogP contribution is 2.30. The molecule has 3 fully saturated rings. The Kier molecular flexibility index (Phi) is 5.32. The van der Waals surface area contributed by atoms with Crippen LogP contribution in [0.15, 0.2) is 12.4 Å². The lowest BCUT2D eigenvalue weighted by molar-refractivity contribution is -0.138. The second kappa shape index (κ2) is 7.69. The van der Waals surface area contributed by atoms with Gasteiger partial charge in [-0.1, -0.05) is 0 Å². The first-order chi connectivity index (χ1) is 12.6. The first-order valence-electron chi connectivity index (χ1n) is 10.3. The van der Waals surface area contributed by atoms with E-state index >= 15 is 0 Å². The van der Waals surface area contributed by atoms with Gasteiger partial charge in [-0.3, -0.25) is 9.69 Å². The molecule has 0 aromatic carbocycles. The van der Waals surface area contributed by atoms with Crippen LogP contribution in [-0.4, -0.2) is 82.0 Å². The van der Waals surface area contributed by atoms with Crippen LogP contribution in [0.2, 0.25) is 0 Å². The molecular formula is C20H33N5O. The van der Waals surface area contributed by atoms with Gasteiger partial charge in [0.25, 0.3) is 0 Å². The van der Waals surface area contributed by atoms with Gasteiger partial charge in [-0.05, 0) is 65.2 Å². The molecule has 6 nitrogen and oxygen atoms in total. The Morgan fingerprint density at radius 1 is 1.00 bits per heavy atom. The summed E-state index contributed by atoms with van der Waals surface area (Å²) in [4.78, 5) is 24.8. The lowest BCUT2D eigenvalue weighted by atomic mass is 9.95. The monoisotopic (exact) mass is 359 g/mol. The van der Waals surface area contributed by atoms with E-state index in [2.05, 4.69) is 38.3 Å². The lowest BCUT2D eigenvalue weighted by Gasteiger charge is -2.40. The van der Waals surface area contributed by atoms with Gasteiger partial charge in [0.1, 0.15) is 5.82 Å². The topological polar surface area (TPSA) is 44.6 Å². The predicted octanol–water partition coefficient (Wildman–Crippen LogP) is 1.68. The minimum absolute atomic E-state index is 0.133. The third-order valence-electron chi connectivity index (χ3n) is 6.77. The minimum atomic E-state index is 0.133. The lowest BCUT2D eigenvalue weighted by Crippen LogP contribution is -2.53. The van der Waals surface area contributed by atoms with Crippen LogP contribution in [0, 0.1) is 0 Å². The fourth-order valence-corrected chi connectivity index (χ4v) is 5.16. The van der Waals surface area contributed by atoms with E-state index in [-0.39, 0.29) is 6.04 Å². The van der Waals surface area contributed by atoms with Gasteiger partial charge >= 0.3 is 0 Å². The van der Waals surface area contributed by atoms with Gasteiger partial charge in [0.15, 0.2) is 0 Å². The quantitative estimate of drug-likeness (QED) is 0.824. The van der Waals surface area contributed by atoms with Crippen LogP contribution in [0.1, 0.15) is 50.3 Å². The van der Waals surface area contributed by atoms with E-state index in [0.29, 0.717) is 17.9 Å². The van der Waals surface area contributed by atoms with E-state index < -0.39 is 0 Å². The molecule has 26 heavy (non-hydrogen) atoms. The molecular weight excluding hydrogens is 326 g/mol. The zero-order valence-corrected chi connectivity index (χ0v) is 16.3. The third kappa shape index (κ3) is 3.54. The Morgan fingerprint density at radius 2 is 1.73 bits per heavy atom. The number of likely N-dealkylation sites (tertiary alicyclic amines) is 3. The highest BCUT2D eigenvalue weighted by Gasteiger charge is 2.39. The van der Waals surface area contributed by atoms with Crippen LogP contribution >= 0.6 is 0 Å². The molecule has 1 amide bonds. The van der Waals surface area contributed by atoms with E-state index in [1.807, 2.05) is 12.4 Å². The summed E-state index contributed by atoms with van der Waals surface area (Å²) in [5.74, 6) is 2.05. The summed E-state index contributed by atoms with van der Waals surface area (Å²) in [5.41, 5.74) is 0. The summed E-state index contributed by atoms with van der Waals surface area (Å²) in [6.07, 6.45) is 10.6. The number of amides is 1. The van der Waals surface area contributed by atoms with Crippen molar-refractivity contribution in [2.45, 2.75) is 56.5 Å². The fraction of sp³-hybridized carbons (Fsp3) is 0.800. The Morgan fingerprint density at radius 3 is 2.38 bits per heavy atom. The van der Waals surface area contributed by atoms with Crippen molar-refractivity contribution in [2.24, 2.45) is 7.05 Å². The number of aromatic nitrogens is 2. The molecule has 0 bridgehead atoms. The Labute approximate surface area is 157 Å². The molecule has 1 aromatic rings. The second-order valence-electron chi connectivity index (χ2n) is 8.43. The molecule has 4 heterocycles. The SMILES string of the molecule is CN1CCC(N2CCC[C@H]2C(=O)N2CCC(c3nccn3C)CC2)CC1. The molecule has 3 aliphatic rings. The van der Waals surface area contributed by atoms with Crippen molar-refractivity contribution < 1.29 is 4.79 Å². The van der Waals surface area contributed by atoms with Gasteiger partial charge in [-0.2, -0.15) is 0 Å². The summed E-state index contributed by atoms with van der Waals surface area (Å²) in [7, 11) is 4.27. The molecule has 1 aromatic heterocycles. The number of carbonyl (C=O) groups is 1. The van der Waals surface area contributed by atoms with Crippen LogP contribution in [0.25, 0.3) is 0 Å². The van der Waals surface area contributed by atoms with Gasteiger partial charge in [0.2, 0.25) is 5.91 Å². The molecule has 0 aliphatic carbocycles. The number of hydrogen-bond acceptors (Lipinski definition) is 4. The molecule has 0 unspecified atom stereocenters. The largest absolute Gasteiger partial charge is 0.341 e. The van der Waals surface area contributed by atoms with Crippen LogP contribution in [0.3, 0.4) is 0 Å². The third-order valence-corrected chi connectivity index (χ3v) is 6.77. The zero-order valence-electron chi connectivity index (χ0n) is 16.3. The maximum absolute atomic E-state index is 13.2. The molecule has 4 rings (SSSR count). The Hall–Kier alpha value is -1.40. The molecule has 0 N–H and O–H groups in total. The Bertz CT molecular complexity index is 613. The average molecular weight is 360 g/mol. The van der Waals surface area contributed by atoms with Crippen molar-refractivity contribution in [3.05, 3.63) is 18.2 Å². The minimum Gasteiger partial charge on any atom is -0.341 e. The molecule has 0 saturated carbocycles. The number of imidazole rings is 1. The second-order valence-corrected chi connectivity index (χ2v) is 8.43. The smallest absolute Gasteiger partial charge is 0.239 e. The normalized spacial score (nSPS) is 27.3. The van der Waals surface area contributed by atoms with Crippen LogP contribution in [0.5, 0.6) is 0 Å². The van der Waals surface area contributed by atoms with Crippen LogP contribution < -0.4 is 0 Å². The number of rotatable bonds is 3. The van der Waals surface area contributed by atoms with E-state index in [4.69, 9.17) is 0 Å². The standard InChI is InChI=1S/C20H33N5O/c1-22-11-7-17(8-12-22)25-10-3-4-18(25)20(26)24-13-5-16(6-14-24)19-21-9-15-23(19)2/h9,15-18H,3-8,10-14H2,1-2H3/t18-/m0/s1. The van der Waals surface area contributed by atoms with E-state index in [0.717, 1.165) is 52.0 Å². The maximum Gasteiger partial charge on any atom is 0.239 e. The number of carbonyl (C=O) groups excluding carboxylic acids is 1. The summed E-state index contributed by atoms with van der Waals surface area (Å²) >= 11 is 0. The molecule has 6 heteroatoms. The summed E-state index contributed by atoms with van der Waals surface area (Å²) < 4.78 is 2.13. The predicted molar refractivity (Wildman–Crippen MR) is 102 cm³/mol. The van der Waals surface area contributed by atoms with Gasteiger partial charge < -0.3 is 14.4 Å². The van der Waals surface area contributed by atoms with Crippen molar-refractivity contribution in [1.82, 2.24) is 24.3 Å². The molecule has 3 saturated heterocycles. The van der Waals surface area contributed by atoms with Crippen molar-refractivity contribution in [3.63, 3.8) is 0 Å². The molecule has 1 atom stereocenters. The van der Waals surface area contributed by atoms with Gasteiger partial charge in [0, 0.05) is 44.5 Å². The fourth-order valence-electron chi connectivity index (χ4n) is 5.16. The first kappa shape index (κ1) is 18.0. The average Bonchev–Trinajstić information content (AvgIpc) is 3.31. The summed E-state index contributed by atoms with van der Waals surface area (Å²) in [6.45, 7) is 5.20. The van der Waals surface area contributed by atoms with Gasteiger partial charge in [0.05, 0.1) is 6.04 Å². The first-order valence-corrected chi connectivity index (χ1v) is 10.3. The molecule has 144 valence electrons. The Balaban J connectivity index is 1.35. The van der Waals surface area contributed by atoms with Gasteiger partial charge in [-0.15, -0.1) is 0 Å². The van der Waals surface area contributed by atoms with Crippen molar-refractivity contribution >= 4 is 5.91 Å². The number of aryl methyl sites for hydroxylation is 1. The van der Waals surface area contributed by atoms with Crippen molar-refractivity contribution in [2.75, 3.05) is 39.8 Å². The van der Waals surface area contributed by atoms with E-state index in [9.17, 15) is 4.79 Å². The molecule has 0 spiro atoms. The summed E-state index contributed by atoms with van der Waals surface area (Å²) in [5, 5.41) is 0. The molecule has 0 radical (unpaired) electrons. The maximum atomic E-state index is 13.2. The zero-order chi connectivity index (χ0) is 18.1. The number of piperidine rings is 2. The number of hydrogen-bond donors (Lipinski definition) is 0. The van der Waals surface area contributed by atoms with Crippen molar-refractivity contribution in [1.29, 1.82) is 0 Å². The highest BCUT2D eigenvalue weighted by atomic mass is 16.2. The van der Waals surface area contributed by atoms with Gasteiger partial charge in [-0.25, -0.2) is 4.98 Å². The van der Waals surface area contributed by atoms with Crippen LogP contribution in [-0.2, 0) is 11.8 Å². The number of nitrogens with zero attached hydrogens (tertiary/aromatic N) is 5. The molecule has 3 aliphatic heterocycles.